The van der Waals surface area contributed by atoms with Gasteiger partial charge < -0.3 is 20.5 Å². The van der Waals surface area contributed by atoms with Crippen molar-refractivity contribution in [2.24, 2.45) is 5.92 Å². The van der Waals surface area contributed by atoms with E-state index in [0.29, 0.717) is 0 Å². The number of rotatable bonds is 10. The molecule has 2 amide bonds. The number of benzene rings is 3. The summed E-state index contributed by atoms with van der Waals surface area (Å²) in [6.07, 6.45) is -0.634. The van der Waals surface area contributed by atoms with Gasteiger partial charge in [-0.25, -0.2) is 9.59 Å². The molecule has 7 heteroatoms. The van der Waals surface area contributed by atoms with Crippen molar-refractivity contribution in [3.8, 4) is 11.1 Å². The number of alkyl carbamates (subject to hydrolysis) is 1. The first kappa shape index (κ1) is 25.5. The van der Waals surface area contributed by atoms with Crippen LogP contribution in [0.25, 0.3) is 11.1 Å². The first-order valence-electron chi connectivity index (χ1n) is 11.5. The second-order valence-corrected chi connectivity index (χ2v) is 8.59. The van der Waals surface area contributed by atoms with Gasteiger partial charge in [-0.05, 0) is 28.2 Å². The van der Waals surface area contributed by atoms with E-state index < -0.39 is 30.1 Å². The molecule has 0 aromatic heterocycles. The van der Waals surface area contributed by atoms with Crippen LogP contribution in [0.1, 0.15) is 25.0 Å². The Morgan fingerprint density at radius 1 is 0.771 bits per heavy atom. The molecule has 7 nitrogen and oxygen atoms in total. The average Bonchev–Trinajstić information content (AvgIpc) is 2.87. The molecule has 0 unspecified atom stereocenters. The molecule has 3 aromatic rings. The number of aliphatic carboxylic acids is 1. The monoisotopic (exact) mass is 474 g/mol. The summed E-state index contributed by atoms with van der Waals surface area (Å²) in [6, 6.07) is 24.5. The lowest BCUT2D eigenvalue weighted by Gasteiger charge is -2.24. The Labute approximate surface area is 205 Å². The third-order valence-corrected chi connectivity index (χ3v) is 5.55. The third-order valence-electron chi connectivity index (χ3n) is 5.55. The molecule has 3 N–H and O–H groups in total. The summed E-state index contributed by atoms with van der Waals surface area (Å²) < 4.78 is 5.21. The maximum atomic E-state index is 12.9. The van der Waals surface area contributed by atoms with Gasteiger partial charge in [-0.15, -0.1) is 0 Å². The molecule has 0 bridgehead atoms. The van der Waals surface area contributed by atoms with Crippen molar-refractivity contribution in [3.63, 3.8) is 0 Å². The van der Waals surface area contributed by atoms with Gasteiger partial charge in [-0.3, -0.25) is 4.79 Å². The van der Waals surface area contributed by atoms with E-state index in [-0.39, 0.29) is 18.9 Å². The maximum Gasteiger partial charge on any atom is 0.408 e. The van der Waals surface area contributed by atoms with E-state index in [1.165, 1.54) is 0 Å². The summed E-state index contributed by atoms with van der Waals surface area (Å²) in [7, 11) is 0. The van der Waals surface area contributed by atoms with Gasteiger partial charge in [0.1, 0.15) is 18.7 Å². The molecule has 0 heterocycles. The van der Waals surface area contributed by atoms with Crippen LogP contribution in [0.3, 0.4) is 0 Å². The second kappa shape index (κ2) is 12.4. The third kappa shape index (κ3) is 7.71. The Morgan fingerprint density at radius 3 is 1.91 bits per heavy atom. The maximum absolute atomic E-state index is 12.9. The van der Waals surface area contributed by atoms with Crippen LogP contribution in [0.4, 0.5) is 4.79 Å². The molecule has 0 radical (unpaired) electrons. The van der Waals surface area contributed by atoms with E-state index in [9.17, 15) is 19.5 Å². The smallest absolute Gasteiger partial charge is 0.408 e. The Morgan fingerprint density at radius 2 is 1.34 bits per heavy atom. The van der Waals surface area contributed by atoms with Gasteiger partial charge in [0.05, 0.1) is 0 Å². The van der Waals surface area contributed by atoms with Crippen molar-refractivity contribution in [2.75, 3.05) is 0 Å². The van der Waals surface area contributed by atoms with Crippen LogP contribution >= 0.6 is 0 Å². The molecule has 35 heavy (non-hydrogen) atoms. The van der Waals surface area contributed by atoms with E-state index in [1.54, 1.807) is 13.8 Å². The van der Waals surface area contributed by atoms with Gasteiger partial charge in [0.25, 0.3) is 0 Å². The minimum absolute atomic E-state index is 0.0653. The van der Waals surface area contributed by atoms with E-state index >= 15 is 0 Å². The number of nitrogens with one attached hydrogen (secondary N) is 2. The highest BCUT2D eigenvalue weighted by Crippen LogP contribution is 2.20. The van der Waals surface area contributed by atoms with Crippen molar-refractivity contribution < 1.29 is 24.2 Å². The Balaban J connectivity index is 1.60. The fraction of sp³-hybridized carbons (Fsp3) is 0.250. The summed E-state index contributed by atoms with van der Waals surface area (Å²) in [4.78, 5) is 37.0. The SMILES string of the molecule is CC(C)[C@H](NC(=O)OCc1ccccc1)C(=O)N[C@@H](Cc1ccc(-c2ccccc2)cc1)C(=O)O. The Bertz CT molecular complexity index is 1120. The molecule has 0 fully saturated rings. The fourth-order valence-electron chi connectivity index (χ4n) is 3.59. The van der Waals surface area contributed by atoms with Crippen LogP contribution in [-0.2, 0) is 27.4 Å². The zero-order chi connectivity index (χ0) is 25.2. The number of amides is 2. The summed E-state index contributed by atoms with van der Waals surface area (Å²) in [5, 5.41) is 14.8. The number of carbonyl (C=O) groups excluding carboxylic acids is 2. The molecule has 0 aliphatic rings. The van der Waals surface area contributed by atoms with Gasteiger partial charge in [0.2, 0.25) is 5.91 Å². The van der Waals surface area contributed by atoms with Crippen LogP contribution in [-0.4, -0.2) is 35.2 Å². The fourth-order valence-corrected chi connectivity index (χ4v) is 3.59. The summed E-state index contributed by atoms with van der Waals surface area (Å²) in [6.45, 7) is 3.59. The highest BCUT2D eigenvalue weighted by Gasteiger charge is 2.29. The normalized spacial score (nSPS) is 12.4. The number of carboxylic acids is 1. The summed E-state index contributed by atoms with van der Waals surface area (Å²) in [5.74, 6) is -2.01. The van der Waals surface area contributed by atoms with Crippen molar-refractivity contribution >= 4 is 18.0 Å². The largest absolute Gasteiger partial charge is 0.480 e. The first-order valence-corrected chi connectivity index (χ1v) is 11.5. The summed E-state index contributed by atoms with van der Waals surface area (Å²) >= 11 is 0. The number of carboxylic acid groups (broad SMARTS) is 1. The predicted octanol–water partition coefficient (Wildman–Crippen LogP) is 4.42. The number of hydrogen-bond donors (Lipinski definition) is 3. The highest BCUT2D eigenvalue weighted by atomic mass is 16.5. The van der Waals surface area contributed by atoms with Gasteiger partial charge in [0.15, 0.2) is 0 Å². The van der Waals surface area contributed by atoms with Crippen LogP contribution in [0, 0.1) is 5.92 Å². The molecule has 182 valence electrons. The van der Waals surface area contributed by atoms with Gasteiger partial charge in [-0.2, -0.15) is 0 Å². The second-order valence-electron chi connectivity index (χ2n) is 8.59. The lowest BCUT2D eigenvalue weighted by molar-refractivity contribution is -0.142. The Hall–Kier alpha value is -4.13. The quantitative estimate of drug-likeness (QED) is 0.404. The first-order chi connectivity index (χ1) is 16.8. The molecular formula is C28H30N2O5. The molecule has 0 spiro atoms. The molecule has 0 saturated heterocycles. The topological polar surface area (TPSA) is 105 Å². The van der Waals surface area contributed by atoms with E-state index in [4.69, 9.17) is 4.74 Å². The number of hydrogen-bond acceptors (Lipinski definition) is 4. The zero-order valence-electron chi connectivity index (χ0n) is 19.8. The molecule has 3 aromatic carbocycles. The van der Waals surface area contributed by atoms with Crippen LogP contribution in [0.15, 0.2) is 84.9 Å². The van der Waals surface area contributed by atoms with Gasteiger partial charge in [-0.1, -0.05) is 98.8 Å². The molecule has 0 saturated carbocycles. The molecule has 0 aliphatic carbocycles. The highest BCUT2D eigenvalue weighted by molar-refractivity contribution is 5.89. The predicted molar refractivity (Wildman–Crippen MR) is 134 cm³/mol. The minimum atomic E-state index is -1.15. The van der Waals surface area contributed by atoms with Crippen molar-refractivity contribution in [1.82, 2.24) is 10.6 Å². The Kier molecular flexibility index (Phi) is 9.01. The van der Waals surface area contributed by atoms with Gasteiger partial charge >= 0.3 is 12.1 Å². The van der Waals surface area contributed by atoms with E-state index in [2.05, 4.69) is 10.6 Å². The molecule has 0 aliphatic heterocycles. The minimum Gasteiger partial charge on any atom is -0.480 e. The van der Waals surface area contributed by atoms with Crippen molar-refractivity contribution in [3.05, 3.63) is 96.1 Å². The standard InChI is InChI=1S/C28H30N2O5/c1-19(2)25(30-28(34)35-18-21-9-5-3-6-10-21)26(31)29-24(27(32)33)17-20-13-15-23(16-14-20)22-11-7-4-8-12-22/h3-16,19,24-25H,17-18H2,1-2H3,(H,29,31)(H,30,34)(H,32,33)/t24-,25-/m0/s1. The van der Waals surface area contributed by atoms with Crippen LogP contribution in [0.2, 0.25) is 0 Å². The van der Waals surface area contributed by atoms with Crippen molar-refractivity contribution in [1.29, 1.82) is 0 Å². The van der Waals surface area contributed by atoms with Crippen molar-refractivity contribution in [2.45, 2.75) is 39.0 Å². The molecule has 2 atom stereocenters. The van der Waals surface area contributed by atoms with E-state index in [0.717, 1.165) is 22.3 Å². The molecule has 3 rings (SSSR count). The van der Waals surface area contributed by atoms with Crippen LogP contribution in [0.5, 0.6) is 0 Å². The molecular weight excluding hydrogens is 444 g/mol. The average molecular weight is 475 g/mol. The van der Waals surface area contributed by atoms with Crippen LogP contribution < -0.4 is 10.6 Å². The summed E-state index contributed by atoms with van der Waals surface area (Å²) in [5.41, 5.74) is 3.67. The lowest BCUT2D eigenvalue weighted by Crippen LogP contribution is -2.54. The van der Waals surface area contributed by atoms with Gasteiger partial charge in [0, 0.05) is 6.42 Å². The lowest BCUT2D eigenvalue weighted by atomic mass is 9.99. The number of carbonyl (C=O) groups is 3. The number of ether oxygens (including phenoxy) is 1. The zero-order valence-corrected chi connectivity index (χ0v) is 19.8. The van der Waals surface area contributed by atoms with E-state index in [1.807, 2.05) is 84.9 Å².